The second-order valence-electron chi connectivity index (χ2n) is 4.24. The fraction of sp³-hybridized carbons (Fsp3) is 0.900. The smallest absolute Gasteiger partial charge is 0.422 e. The molecule has 1 aliphatic rings. The topological polar surface area (TPSA) is 46.5 Å². The van der Waals surface area contributed by atoms with Gasteiger partial charge in [-0.15, -0.1) is 0 Å². The molecule has 3 nitrogen and oxygen atoms in total. The molecule has 0 aromatic rings. The third kappa shape index (κ3) is 4.83. The van der Waals surface area contributed by atoms with Gasteiger partial charge in [0.1, 0.15) is 0 Å². The minimum atomic E-state index is -4.51. The van der Waals surface area contributed by atoms with Gasteiger partial charge in [-0.25, -0.2) is 0 Å². The molecule has 16 heavy (non-hydrogen) atoms. The van der Waals surface area contributed by atoms with Crippen LogP contribution in [-0.4, -0.2) is 29.5 Å². The largest absolute Gasteiger partial charge is 0.456 e. The van der Waals surface area contributed by atoms with Gasteiger partial charge in [0.25, 0.3) is 0 Å². The summed E-state index contributed by atoms with van der Waals surface area (Å²) in [5.41, 5.74) is -1.17. The maximum Gasteiger partial charge on any atom is 0.422 e. The monoisotopic (exact) mass is 240 g/mol. The van der Waals surface area contributed by atoms with Crippen LogP contribution < -0.4 is 0 Å². The number of hydrogen-bond acceptors (Lipinski definition) is 3. The minimum Gasteiger partial charge on any atom is -0.456 e. The van der Waals surface area contributed by atoms with Crippen molar-refractivity contribution in [2.75, 3.05) is 6.61 Å². The molecule has 1 aliphatic carbocycles. The van der Waals surface area contributed by atoms with Crippen LogP contribution in [0.2, 0.25) is 0 Å². The molecule has 1 N–H and O–H groups in total. The average molecular weight is 240 g/mol. The highest BCUT2D eigenvalue weighted by atomic mass is 19.4. The number of esters is 1. The van der Waals surface area contributed by atoms with E-state index in [9.17, 15) is 23.1 Å². The molecule has 0 aromatic carbocycles. The van der Waals surface area contributed by atoms with Gasteiger partial charge in [0.15, 0.2) is 6.61 Å². The molecule has 1 fully saturated rings. The SMILES string of the molecule is O=C(CC1(O)CCCCC1)OCC(F)(F)F. The van der Waals surface area contributed by atoms with Crippen LogP contribution in [0.15, 0.2) is 0 Å². The number of rotatable bonds is 3. The number of ether oxygens (including phenoxy) is 1. The quantitative estimate of drug-likeness (QED) is 0.769. The third-order valence-electron chi connectivity index (χ3n) is 2.65. The Kier molecular flexibility index (Phi) is 4.18. The lowest BCUT2D eigenvalue weighted by atomic mass is 9.82. The first-order valence-corrected chi connectivity index (χ1v) is 5.26. The minimum absolute atomic E-state index is 0.344. The van der Waals surface area contributed by atoms with Gasteiger partial charge >= 0.3 is 12.1 Å². The van der Waals surface area contributed by atoms with Crippen molar-refractivity contribution < 1.29 is 27.8 Å². The lowest BCUT2D eigenvalue weighted by molar-refractivity contribution is -0.189. The maximum absolute atomic E-state index is 11.8. The normalized spacial score (nSPS) is 20.5. The van der Waals surface area contributed by atoms with E-state index in [1.54, 1.807) is 0 Å². The van der Waals surface area contributed by atoms with Gasteiger partial charge in [0, 0.05) is 0 Å². The highest BCUT2D eigenvalue weighted by Crippen LogP contribution is 2.31. The summed E-state index contributed by atoms with van der Waals surface area (Å²) in [5.74, 6) is -0.985. The van der Waals surface area contributed by atoms with Crippen LogP contribution in [0.1, 0.15) is 38.5 Å². The first-order valence-electron chi connectivity index (χ1n) is 5.26. The molecule has 0 atom stereocenters. The summed E-state index contributed by atoms with van der Waals surface area (Å²) in [6, 6.07) is 0. The molecule has 0 amide bonds. The van der Waals surface area contributed by atoms with Crippen LogP contribution in [-0.2, 0) is 9.53 Å². The molecule has 0 unspecified atom stereocenters. The zero-order chi connectivity index (χ0) is 12.2. The first-order chi connectivity index (χ1) is 7.31. The van der Waals surface area contributed by atoms with Crippen LogP contribution in [0.3, 0.4) is 0 Å². The molecule has 6 heteroatoms. The number of alkyl halides is 3. The number of carbonyl (C=O) groups excluding carboxylic acids is 1. The van der Waals surface area contributed by atoms with Gasteiger partial charge in [-0.1, -0.05) is 19.3 Å². The highest BCUT2D eigenvalue weighted by Gasteiger charge is 2.34. The van der Waals surface area contributed by atoms with E-state index in [1.807, 2.05) is 0 Å². The first kappa shape index (κ1) is 13.3. The fourth-order valence-corrected chi connectivity index (χ4v) is 1.87. The highest BCUT2D eigenvalue weighted by molar-refractivity contribution is 5.70. The Morgan fingerprint density at radius 1 is 1.25 bits per heavy atom. The molecule has 0 bridgehead atoms. The van der Waals surface area contributed by atoms with Gasteiger partial charge in [-0.05, 0) is 12.8 Å². The van der Waals surface area contributed by atoms with Crippen LogP contribution in [0.4, 0.5) is 13.2 Å². The molecule has 0 aromatic heterocycles. The predicted octanol–water partition coefficient (Wildman–Crippen LogP) is 2.18. The van der Waals surface area contributed by atoms with Crippen molar-refractivity contribution in [3.8, 4) is 0 Å². The van der Waals surface area contributed by atoms with Crippen LogP contribution in [0, 0.1) is 0 Å². The second-order valence-corrected chi connectivity index (χ2v) is 4.24. The molecule has 0 saturated heterocycles. The van der Waals surface area contributed by atoms with Crippen molar-refractivity contribution in [2.45, 2.75) is 50.3 Å². The lowest BCUT2D eigenvalue weighted by Crippen LogP contribution is -2.35. The van der Waals surface area contributed by atoms with E-state index in [-0.39, 0.29) is 6.42 Å². The Morgan fingerprint density at radius 2 is 1.81 bits per heavy atom. The zero-order valence-electron chi connectivity index (χ0n) is 8.85. The number of halogens is 3. The Labute approximate surface area is 91.6 Å². The van der Waals surface area contributed by atoms with E-state index < -0.39 is 24.4 Å². The van der Waals surface area contributed by atoms with Gasteiger partial charge in [-0.3, -0.25) is 4.79 Å². The van der Waals surface area contributed by atoms with Crippen molar-refractivity contribution in [1.82, 2.24) is 0 Å². The summed E-state index contributed by atoms with van der Waals surface area (Å²) in [4.78, 5) is 11.1. The van der Waals surface area contributed by atoms with Crippen LogP contribution in [0.5, 0.6) is 0 Å². The van der Waals surface area contributed by atoms with Crippen molar-refractivity contribution in [2.24, 2.45) is 0 Å². The molecule has 1 saturated carbocycles. The van der Waals surface area contributed by atoms with Crippen molar-refractivity contribution in [3.63, 3.8) is 0 Å². The summed E-state index contributed by atoms with van der Waals surface area (Å²) >= 11 is 0. The molecule has 1 rings (SSSR count). The summed E-state index contributed by atoms with van der Waals surface area (Å²) in [6.07, 6.45) is -1.37. The number of aliphatic hydroxyl groups is 1. The molecular weight excluding hydrogens is 225 g/mol. The molecule has 0 radical (unpaired) electrons. The van der Waals surface area contributed by atoms with Gasteiger partial charge in [-0.2, -0.15) is 13.2 Å². The number of hydrogen-bond donors (Lipinski definition) is 1. The van der Waals surface area contributed by atoms with Crippen LogP contribution in [0.25, 0.3) is 0 Å². The van der Waals surface area contributed by atoms with E-state index in [0.29, 0.717) is 12.8 Å². The Hall–Kier alpha value is -0.780. The standard InChI is InChI=1S/C10H15F3O3/c11-10(12,13)7-16-8(14)6-9(15)4-2-1-3-5-9/h15H,1-7H2. The predicted molar refractivity (Wildman–Crippen MR) is 49.7 cm³/mol. The molecular formula is C10H15F3O3. The van der Waals surface area contributed by atoms with E-state index in [4.69, 9.17) is 0 Å². The van der Waals surface area contributed by atoms with E-state index in [1.165, 1.54) is 0 Å². The summed E-state index contributed by atoms with van der Waals surface area (Å²) in [6.45, 7) is -1.58. The van der Waals surface area contributed by atoms with Gasteiger partial charge in [0.05, 0.1) is 12.0 Å². The fourth-order valence-electron chi connectivity index (χ4n) is 1.87. The maximum atomic E-state index is 11.8. The molecule has 0 heterocycles. The van der Waals surface area contributed by atoms with E-state index >= 15 is 0 Å². The second kappa shape index (κ2) is 5.03. The Balaban J connectivity index is 2.33. The number of carbonyl (C=O) groups is 1. The van der Waals surface area contributed by atoms with E-state index in [0.717, 1.165) is 19.3 Å². The summed E-state index contributed by atoms with van der Waals surface area (Å²) < 4.78 is 39.3. The third-order valence-corrected chi connectivity index (χ3v) is 2.65. The average Bonchev–Trinajstić information content (AvgIpc) is 2.14. The summed E-state index contributed by atoms with van der Waals surface area (Å²) in [7, 11) is 0. The Bertz CT molecular complexity index is 244. The molecule has 0 spiro atoms. The summed E-state index contributed by atoms with van der Waals surface area (Å²) in [5, 5.41) is 9.89. The van der Waals surface area contributed by atoms with Gasteiger partial charge < -0.3 is 9.84 Å². The van der Waals surface area contributed by atoms with Crippen molar-refractivity contribution >= 4 is 5.97 Å². The Morgan fingerprint density at radius 3 is 2.31 bits per heavy atom. The molecule has 0 aliphatic heterocycles. The van der Waals surface area contributed by atoms with Crippen LogP contribution >= 0.6 is 0 Å². The van der Waals surface area contributed by atoms with Crippen molar-refractivity contribution in [3.05, 3.63) is 0 Å². The zero-order valence-corrected chi connectivity index (χ0v) is 8.85. The van der Waals surface area contributed by atoms with Gasteiger partial charge in [0.2, 0.25) is 0 Å². The lowest BCUT2D eigenvalue weighted by Gasteiger charge is -2.30. The van der Waals surface area contributed by atoms with Crippen molar-refractivity contribution in [1.29, 1.82) is 0 Å². The molecule has 94 valence electrons. The van der Waals surface area contributed by atoms with E-state index in [2.05, 4.69) is 4.74 Å².